The van der Waals surface area contributed by atoms with E-state index in [0.29, 0.717) is 11.6 Å². The number of halogens is 2. The molecule has 0 bridgehead atoms. The van der Waals surface area contributed by atoms with Gasteiger partial charge in [0.25, 0.3) is 0 Å². The van der Waals surface area contributed by atoms with Gasteiger partial charge in [0.1, 0.15) is 11.6 Å². The van der Waals surface area contributed by atoms with Gasteiger partial charge >= 0.3 is 0 Å². The average Bonchev–Trinajstić information content (AvgIpc) is 2.45. The summed E-state index contributed by atoms with van der Waals surface area (Å²) in [4.78, 5) is 8.75. The van der Waals surface area contributed by atoms with Gasteiger partial charge in [-0.25, -0.2) is 31.9 Å². The van der Waals surface area contributed by atoms with E-state index in [0.717, 1.165) is 18.2 Å². The molecule has 1 N–H and O–H groups in total. The Kier molecular flexibility index (Phi) is 4.67. The Balaban J connectivity index is 2.22. The number of benzene rings is 1. The van der Waals surface area contributed by atoms with Crippen LogP contribution in [-0.2, 0) is 16.6 Å². The molecule has 0 radical (unpaired) electrons. The second kappa shape index (κ2) is 6.32. The van der Waals surface area contributed by atoms with Gasteiger partial charge in [-0.2, -0.15) is 0 Å². The molecule has 0 aliphatic rings. The summed E-state index contributed by atoms with van der Waals surface area (Å²) < 4.78 is 53.3. The monoisotopic (exact) mass is 328 g/mol. The third-order valence-electron chi connectivity index (χ3n) is 2.73. The second-order valence-corrected chi connectivity index (χ2v) is 6.32. The van der Waals surface area contributed by atoms with E-state index in [-0.39, 0.29) is 6.54 Å². The Hall–Kier alpha value is -2.13. The van der Waals surface area contributed by atoms with Crippen LogP contribution in [0.1, 0.15) is 5.69 Å². The highest BCUT2D eigenvalue weighted by molar-refractivity contribution is 7.89. The van der Waals surface area contributed by atoms with Crippen molar-refractivity contribution < 1.29 is 17.2 Å². The number of sulfonamides is 1. The molecule has 0 fully saturated rings. The molecule has 0 aliphatic carbocycles. The maximum absolute atomic E-state index is 13.6. The molecule has 118 valence electrons. The predicted molar refractivity (Wildman–Crippen MR) is 76.7 cm³/mol. The van der Waals surface area contributed by atoms with Crippen LogP contribution in [0.3, 0.4) is 0 Å². The minimum Gasteiger partial charge on any atom is -0.347 e. The van der Waals surface area contributed by atoms with Crippen molar-refractivity contribution in [2.75, 3.05) is 19.0 Å². The summed E-state index contributed by atoms with van der Waals surface area (Å²) in [6, 6.07) is 4.36. The van der Waals surface area contributed by atoms with Crippen molar-refractivity contribution >= 4 is 16.0 Å². The molecule has 1 heterocycles. The zero-order chi connectivity index (χ0) is 16.3. The minimum absolute atomic E-state index is 0.209. The summed E-state index contributed by atoms with van der Waals surface area (Å²) >= 11 is 0. The molecule has 0 atom stereocenters. The first-order valence-electron chi connectivity index (χ1n) is 6.24. The fourth-order valence-corrected chi connectivity index (χ4v) is 2.81. The average molecular weight is 328 g/mol. The quantitative estimate of drug-likeness (QED) is 0.895. The zero-order valence-corrected chi connectivity index (χ0v) is 12.7. The lowest BCUT2D eigenvalue weighted by molar-refractivity contribution is 0.513. The van der Waals surface area contributed by atoms with Crippen LogP contribution in [0.2, 0.25) is 0 Å². The maximum Gasteiger partial charge on any atom is 0.246 e. The van der Waals surface area contributed by atoms with Crippen molar-refractivity contribution in [3.8, 4) is 0 Å². The van der Waals surface area contributed by atoms with Crippen LogP contribution in [0, 0.1) is 11.6 Å². The van der Waals surface area contributed by atoms with Crippen LogP contribution in [0.5, 0.6) is 0 Å². The Morgan fingerprint density at radius 2 is 1.82 bits per heavy atom. The number of hydrogen-bond donors (Lipinski definition) is 1. The molecular formula is C13H14F2N4O2S. The van der Waals surface area contributed by atoms with Crippen molar-refractivity contribution in [2.24, 2.45) is 0 Å². The van der Waals surface area contributed by atoms with Gasteiger partial charge in [-0.05, 0) is 18.2 Å². The number of anilines is 1. The molecule has 0 aliphatic heterocycles. The van der Waals surface area contributed by atoms with E-state index >= 15 is 0 Å². The lowest BCUT2D eigenvalue weighted by Gasteiger charge is -2.11. The topological polar surface area (TPSA) is 75.2 Å². The lowest BCUT2D eigenvalue weighted by atomic mass is 10.3. The molecule has 1 aromatic carbocycles. The van der Waals surface area contributed by atoms with Crippen LogP contribution in [-0.4, -0.2) is 32.5 Å². The van der Waals surface area contributed by atoms with Crippen molar-refractivity contribution in [1.82, 2.24) is 14.7 Å². The molecule has 0 amide bonds. The molecule has 0 unspecified atom stereocenters. The van der Waals surface area contributed by atoms with Crippen molar-refractivity contribution in [3.05, 3.63) is 47.8 Å². The molecule has 2 rings (SSSR count). The number of aromatic nitrogens is 2. The van der Waals surface area contributed by atoms with Crippen LogP contribution in [0.25, 0.3) is 0 Å². The molecule has 2 aromatic rings. The van der Waals surface area contributed by atoms with Gasteiger partial charge < -0.3 is 4.90 Å². The molecule has 1 aromatic heterocycles. The zero-order valence-electron chi connectivity index (χ0n) is 11.9. The van der Waals surface area contributed by atoms with E-state index in [2.05, 4.69) is 14.7 Å². The van der Waals surface area contributed by atoms with Gasteiger partial charge in [0, 0.05) is 20.3 Å². The third kappa shape index (κ3) is 3.55. The summed E-state index contributed by atoms with van der Waals surface area (Å²) in [5, 5.41) is 0. The van der Waals surface area contributed by atoms with Crippen LogP contribution < -0.4 is 9.62 Å². The Bertz CT molecular complexity index is 761. The highest BCUT2D eigenvalue weighted by Crippen LogP contribution is 2.18. The van der Waals surface area contributed by atoms with Gasteiger partial charge in [-0.15, -0.1) is 0 Å². The van der Waals surface area contributed by atoms with E-state index in [1.165, 1.54) is 12.3 Å². The minimum atomic E-state index is -4.33. The lowest BCUT2D eigenvalue weighted by Crippen LogP contribution is -2.26. The smallest absolute Gasteiger partial charge is 0.246 e. The van der Waals surface area contributed by atoms with E-state index in [1.807, 2.05) is 0 Å². The first-order valence-corrected chi connectivity index (χ1v) is 7.72. The SMILES string of the molecule is CN(C)c1nccc(CNS(=O)(=O)c2c(F)cccc2F)n1. The van der Waals surface area contributed by atoms with Gasteiger partial charge in [-0.1, -0.05) is 6.07 Å². The van der Waals surface area contributed by atoms with Gasteiger partial charge in [-0.3, -0.25) is 0 Å². The summed E-state index contributed by atoms with van der Waals surface area (Å²) in [5.74, 6) is -1.90. The molecule has 6 nitrogen and oxygen atoms in total. The van der Waals surface area contributed by atoms with Crippen molar-refractivity contribution in [2.45, 2.75) is 11.4 Å². The standard InChI is InChI=1S/C13H14F2N4O2S/c1-19(2)13-16-7-6-9(18-13)8-17-22(20,21)12-10(14)4-3-5-11(12)15/h3-7,17H,8H2,1-2H3. The highest BCUT2D eigenvalue weighted by Gasteiger charge is 2.23. The first-order chi connectivity index (χ1) is 10.3. The Labute approximate surface area is 126 Å². The number of nitrogens with zero attached hydrogens (tertiary/aromatic N) is 3. The Morgan fingerprint density at radius 1 is 1.18 bits per heavy atom. The highest BCUT2D eigenvalue weighted by atomic mass is 32.2. The van der Waals surface area contributed by atoms with E-state index in [1.54, 1.807) is 19.0 Å². The number of rotatable bonds is 5. The normalized spacial score (nSPS) is 11.5. The van der Waals surface area contributed by atoms with Crippen LogP contribution in [0.15, 0.2) is 35.4 Å². The van der Waals surface area contributed by atoms with E-state index < -0.39 is 26.6 Å². The van der Waals surface area contributed by atoms with E-state index in [9.17, 15) is 17.2 Å². The van der Waals surface area contributed by atoms with Crippen molar-refractivity contribution in [1.29, 1.82) is 0 Å². The molecule has 0 saturated heterocycles. The Morgan fingerprint density at radius 3 is 2.41 bits per heavy atom. The summed E-state index contributed by atoms with van der Waals surface area (Å²) in [6.07, 6.45) is 1.47. The third-order valence-corrected chi connectivity index (χ3v) is 4.18. The molecule has 0 spiro atoms. The summed E-state index contributed by atoms with van der Waals surface area (Å²) in [6.45, 7) is -0.209. The predicted octanol–water partition coefficient (Wildman–Crippen LogP) is 1.30. The van der Waals surface area contributed by atoms with Crippen LogP contribution in [0.4, 0.5) is 14.7 Å². The summed E-state index contributed by atoms with van der Waals surface area (Å²) in [7, 11) is -0.859. The van der Waals surface area contributed by atoms with Gasteiger partial charge in [0.15, 0.2) is 4.90 Å². The van der Waals surface area contributed by atoms with Crippen LogP contribution >= 0.6 is 0 Å². The molecule has 9 heteroatoms. The van der Waals surface area contributed by atoms with E-state index in [4.69, 9.17) is 0 Å². The molecular weight excluding hydrogens is 314 g/mol. The number of hydrogen-bond acceptors (Lipinski definition) is 5. The number of nitrogens with one attached hydrogen (secondary N) is 1. The summed E-state index contributed by atoms with van der Waals surface area (Å²) in [5.41, 5.74) is 0.374. The largest absolute Gasteiger partial charge is 0.347 e. The van der Waals surface area contributed by atoms with Crippen molar-refractivity contribution in [3.63, 3.8) is 0 Å². The molecule has 0 saturated carbocycles. The van der Waals surface area contributed by atoms with Gasteiger partial charge in [0.05, 0.1) is 12.2 Å². The fourth-order valence-electron chi connectivity index (χ4n) is 1.68. The second-order valence-electron chi connectivity index (χ2n) is 4.62. The molecule has 22 heavy (non-hydrogen) atoms. The maximum atomic E-state index is 13.6. The first kappa shape index (κ1) is 16.2. The van der Waals surface area contributed by atoms with Gasteiger partial charge in [0.2, 0.25) is 16.0 Å². The fraction of sp³-hybridized carbons (Fsp3) is 0.231.